The second-order valence-corrected chi connectivity index (χ2v) is 4.41. The Morgan fingerprint density at radius 1 is 1.35 bits per heavy atom. The smallest absolute Gasteiger partial charge is 0.234 e. The van der Waals surface area contributed by atoms with Crippen LogP contribution in [0.4, 0.5) is 0 Å². The first kappa shape index (κ1) is 13.7. The van der Waals surface area contributed by atoms with Crippen molar-refractivity contribution >= 4 is 5.91 Å². The fraction of sp³-hybridized carbons (Fsp3) is 0.500. The number of aryl methyl sites for hydroxylation is 1. The van der Waals surface area contributed by atoms with Gasteiger partial charge >= 0.3 is 0 Å². The van der Waals surface area contributed by atoms with E-state index in [-0.39, 0.29) is 11.9 Å². The number of carbonyl (C=O) groups is 1. The topological polar surface area (TPSA) is 41.1 Å². The fourth-order valence-electron chi connectivity index (χ4n) is 1.55. The molecule has 0 radical (unpaired) electrons. The number of benzene rings is 1. The number of hydrogen-bond donors (Lipinski definition) is 2. The Bertz CT molecular complexity index is 363. The van der Waals surface area contributed by atoms with Crippen molar-refractivity contribution < 1.29 is 4.79 Å². The maximum atomic E-state index is 11.5. The summed E-state index contributed by atoms with van der Waals surface area (Å²) in [6, 6.07) is 8.45. The minimum Gasteiger partial charge on any atom is -0.353 e. The van der Waals surface area contributed by atoms with Crippen LogP contribution >= 0.6 is 0 Å². The molecule has 2 N–H and O–H groups in total. The average molecular weight is 234 g/mol. The molecule has 0 fully saturated rings. The van der Waals surface area contributed by atoms with Gasteiger partial charge in [0.25, 0.3) is 0 Å². The highest BCUT2D eigenvalue weighted by Gasteiger charge is 2.04. The molecule has 1 unspecified atom stereocenters. The van der Waals surface area contributed by atoms with Crippen molar-refractivity contribution in [1.29, 1.82) is 0 Å². The Labute approximate surface area is 104 Å². The normalized spacial score (nSPS) is 12.2. The first-order valence-corrected chi connectivity index (χ1v) is 6.18. The molecule has 0 heterocycles. The molecule has 1 rings (SSSR count). The zero-order valence-corrected chi connectivity index (χ0v) is 10.9. The molecule has 3 nitrogen and oxygen atoms in total. The average Bonchev–Trinajstić information content (AvgIpc) is 2.31. The Morgan fingerprint density at radius 2 is 2.06 bits per heavy atom. The molecule has 1 aromatic carbocycles. The Hall–Kier alpha value is -1.35. The Kier molecular flexibility index (Phi) is 5.70. The van der Waals surface area contributed by atoms with Gasteiger partial charge in [0.2, 0.25) is 5.91 Å². The zero-order chi connectivity index (χ0) is 12.7. The zero-order valence-electron chi connectivity index (χ0n) is 10.9. The van der Waals surface area contributed by atoms with Gasteiger partial charge in [0, 0.05) is 12.6 Å². The van der Waals surface area contributed by atoms with Gasteiger partial charge in [0.1, 0.15) is 0 Å². The second-order valence-electron chi connectivity index (χ2n) is 4.41. The molecule has 94 valence electrons. The summed E-state index contributed by atoms with van der Waals surface area (Å²) < 4.78 is 0. The van der Waals surface area contributed by atoms with E-state index in [9.17, 15) is 4.79 Å². The first-order valence-electron chi connectivity index (χ1n) is 6.18. The maximum absolute atomic E-state index is 11.5. The van der Waals surface area contributed by atoms with Crippen molar-refractivity contribution in [3.05, 3.63) is 35.4 Å². The third kappa shape index (κ3) is 5.00. The van der Waals surface area contributed by atoms with Crippen LogP contribution in [0.2, 0.25) is 0 Å². The molecule has 17 heavy (non-hydrogen) atoms. The van der Waals surface area contributed by atoms with Gasteiger partial charge in [-0.25, -0.2) is 0 Å². The van der Waals surface area contributed by atoms with Crippen LogP contribution in [0.1, 0.15) is 31.4 Å². The molecule has 0 saturated heterocycles. The third-order valence-corrected chi connectivity index (χ3v) is 2.88. The molecular weight excluding hydrogens is 212 g/mol. The molecule has 0 aliphatic heterocycles. The lowest BCUT2D eigenvalue weighted by molar-refractivity contribution is -0.120. The summed E-state index contributed by atoms with van der Waals surface area (Å²) in [7, 11) is 0. The third-order valence-electron chi connectivity index (χ3n) is 2.88. The van der Waals surface area contributed by atoms with Crippen molar-refractivity contribution in [3.63, 3.8) is 0 Å². The van der Waals surface area contributed by atoms with Crippen LogP contribution in [0.5, 0.6) is 0 Å². The van der Waals surface area contributed by atoms with Gasteiger partial charge in [0.15, 0.2) is 0 Å². The number of nitrogens with one attached hydrogen (secondary N) is 2. The Balaban J connectivity index is 2.29. The maximum Gasteiger partial charge on any atom is 0.234 e. The molecule has 0 aromatic heterocycles. The van der Waals surface area contributed by atoms with E-state index < -0.39 is 0 Å². The summed E-state index contributed by atoms with van der Waals surface area (Å²) in [5.41, 5.74) is 2.49. The molecule has 0 aliphatic carbocycles. The molecule has 1 atom stereocenters. The van der Waals surface area contributed by atoms with Crippen LogP contribution in [-0.2, 0) is 11.3 Å². The van der Waals surface area contributed by atoms with Crippen LogP contribution in [0.3, 0.4) is 0 Å². The van der Waals surface area contributed by atoms with E-state index in [2.05, 4.69) is 36.6 Å². The van der Waals surface area contributed by atoms with Gasteiger partial charge in [-0.1, -0.05) is 31.2 Å². The van der Waals surface area contributed by atoms with Crippen molar-refractivity contribution in [2.24, 2.45) is 0 Å². The van der Waals surface area contributed by atoms with E-state index in [0.29, 0.717) is 6.54 Å². The monoisotopic (exact) mass is 234 g/mol. The molecular formula is C14H22N2O. The fourth-order valence-corrected chi connectivity index (χ4v) is 1.55. The highest BCUT2D eigenvalue weighted by atomic mass is 16.1. The first-order chi connectivity index (χ1) is 8.13. The quantitative estimate of drug-likeness (QED) is 0.790. The van der Waals surface area contributed by atoms with Crippen molar-refractivity contribution in [3.8, 4) is 0 Å². The minimum absolute atomic E-state index is 0.0629. The van der Waals surface area contributed by atoms with Gasteiger partial charge < -0.3 is 10.6 Å². The van der Waals surface area contributed by atoms with E-state index in [0.717, 1.165) is 13.0 Å². The van der Waals surface area contributed by atoms with E-state index in [1.54, 1.807) is 0 Å². The number of amides is 1. The molecule has 0 bridgehead atoms. The van der Waals surface area contributed by atoms with Gasteiger partial charge in [-0.05, 0) is 31.4 Å². The van der Waals surface area contributed by atoms with E-state index in [1.807, 2.05) is 19.1 Å². The molecule has 1 amide bonds. The van der Waals surface area contributed by atoms with Gasteiger partial charge in [-0.3, -0.25) is 4.79 Å². The molecule has 0 spiro atoms. The van der Waals surface area contributed by atoms with Crippen molar-refractivity contribution in [1.82, 2.24) is 10.6 Å². The summed E-state index contributed by atoms with van der Waals surface area (Å²) >= 11 is 0. The summed E-state index contributed by atoms with van der Waals surface area (Å²) in [4.78, 5) is 11.5. The predicted molar refractivity (Wildman–Crippen MR) is 70.8 cm³/mol. The van der Waals surface area contributed by atoms with E-state index >= 15 is 0 Å². The predicted octanol–water partition coefficient (Wildman–Crippen LogP) is 2.00. The molecule has 3 heteroatoms. The van der Waals surface area contributed by atoms with Crippen LogP contribution in [0.15, 0.2) is 24.3 Å². The summed E-state index contributed by atoms with van der Waals surface area (Å²) in [5, 5.41) is 6.09. The van der Waals surface area contributed by atoms with Crippen LogP contribution < -0.4 is 10.6 Å². The minimum atomic E-state index is 0.0629. The molecule has 0 saturated carbocycles. The number of hydrogen-bond acceptors (Lipinski definition) is 2. The SMILES string of the molecule is CCC(C)NC(=O)CNCc1ccccc1C. The highest BCUT2D eigenvalue weighted by Crippen LogP contribution is 2.05. The van der Waals surface area contributed by atoms with Crippen LogP contribution in [0, 0.1) is 6.92 Å². The van der Waals surface area contributed by atoms with Crippen molar-refractivity contribution in [2.75, 3.05) is 6.54 Å². The summed E-state index contributed by atoms with van der Waals surface area (Å²) in [6.45, 7) is 7.26. The molecule has 0 aliphatic rings. The van der Waals surface area contributed by atoms with E-state index in [4.69, 9.17) is 0 Å². The second kappa shape index (κ2) is 7.07. The summed E-state index contributed by atoms with van der Waals surface area (Å²) in [5.74, 6) is 0.0629. The lowest BCUT2D eigenvalue weighted by atomic mass is 10.1. The van der Waals surface area contributed by atoms with Gasteiger partial charge in [-0.2, -0.15) is 0 Å². The molecule has 1 aromatic rings. The van der Waals surface area contributed by atoms with E-state index in [1.165, 1.54) is 11.1 Å². The highest BCUT2D eigenvalue weighted by molar-refractivity contribution is 5.78. The largest absolute Gasteiger partial charge is 0.353 e. The lowest BCUT2D eigenvalue weighted by Crippen LogP contribution is -2.38. The lowest BCUT2D eigenvalue weighted by Gasteiger charge is -2.12. The summed E-state index contributed by atoms with van der Waals surface area (Å²) in [6.07, 6.45) is 0.962. The number of rotatable bonds is 6. The van der Waals surface area contributed by atoms with Crippen molar-refractivity contribution in [2.45, 2.75) is 39.8 Å². The Morgan fingerprint density at radius 3 is 2.71 bits per heavy atom. The van der Waals surface area contributed by atoms with Gasteiger partial charge in [0.05, 0.1) is 6.54 Å². The number of carbonyl (C=O) groups excluding carboxylic acids is 1. The van der Waals surface area contributed by atoms with Gasteiger partial charge in [-0.15, -0.1) is 0 Å². The van der Waals surface area contributed by atoms with Crippen LogP contribution in [-0.4, -0.2) is 18.5 Å². The standard InChI is InChI=1S/C14H22N2O/c1-4-12(3)16-14(17)10-15-9-13-8-6-5-7-11(13)2/h5-8,12,15H,4,9-10H2,1-3H3,(H,16,17). The van der Waals surface area contributed by atoms with Crippen LogP contribution in [0.25, 0.3) is 0 Å².